The zero-order valence-electron chi connectivity index (χ0n) is 16.7. The van der Waals surface area contributed by atoms with E-state index in [1.807, 2.05) is 18.2 Å². The standard InChI is InChI=1S/C21H22N4O5S/c22-31(27,28)17-10-6-7-15(13-17)20-23-21(30-24-20)18-11-4-5-12-25(18)19(26)14-29-16-8-2-1-3-9-16/h1-3,6-10,13,18H,4-5,11-12,14H2,(H2,22,27,28). The lowest BCUT2D eigenvalue weighted by molar-refractivity contribution is -0.138. The molecule has 162 valence electrons. The molecule has 0 bridgehead atoms. The van der Waals surface area contributed by atoms with Crippen LogP contribution < -0.4 is 9.88 Å². The topological polar surface area (TPSA) is 129 Å². The molecule has 1 saturated heterocycles. The van der Waals surface area contributed by atoms with Crippen LogP contribution in [0.4, 0.5) is 0 Å². The highest BCUT2D eigenvalue weighted by Gasteiger charge is 2.32. The van der Waals surface area contributed by atoms with E-state index in [-0.39, 0.29) is 29.3 Å². The molecule has 2 aromatic carbocycles. The molecule has 3 aromatic rings. The number of aromatic nitrogens is 2. The molecule has 0 radical (unpaired) electrons. The molecule has 1 aromatic heterocycles. The fourth-order valence-corrected chi connectivity index (χ4v) is 4.09. The fraction of sp³-hybridized carbons (Fsp3) is 0.286. The predicted octanol–water partition coefficient (Wildman–Crippen LogP) is 2.52. The highest BCUT2D eigenvalue weighted by molar-refractivity contribution is 7.89. The quantitative estimate of drug-likeness (QED) is 0.621. The van der Waals surface area contributed by atoms with E-state index in [0.29, 0.717) is 30.2 Å². The number of carbonyl (C=O) groups is 1. The van der Waals surface area contributed by atoms with Gasteiger partial charge in [-0.05, 0) is 43.5 Å². The molecule has 1 amide bonds. The Bertz CT molecular complexity index is 1160. The van der Waals surface area contributed by atoms with Crippen LogP contribution in [-0.2, 0) is 14.8 Å². The van der Waals surface area contributed by atoms with Crippen LogP contribution in [0.2, 0.25) is 0 Å². The molecule has 1 unspecified atom stereocenters. The molecular formula is C21H22N4O5S. The van der Waals surface area contributed by atoms with Gasteiger partial charge in [-0.3, -0.25) is 4.79 Å². The van der Waals surface area contributed by atoms with E-state index in [2.05, 4.69) is 10.1 Å². The molecule has 2 N–H and O–H groups in total. The summed E-state index contributed by atoms with van der Waals surface area (Å²) >= 11 is 0. The number of piperidine rings is 1. The zero-order valence-corrected chi connectivity index (χ0v) is 17.5. The number of benzene rings is 2. The molecule has 0 saturated carbocycles. The zero-order chi connectivity index (χ0) is 21.8. The minimum atomic E-state index is -3.85. The summed E-state index contributed by atoms with van der Waals surface area (Å²) in [6, 6.07) is 14.8. The Hall–Kier alpha value is -3.24. The third-order valence-corrected chi connectivity index (χ3v) is 5.99. The van der Waals surface area contributed by atoms with Crippen LogP contribution in [0.15, 0.2) is 64.0 Å². The van der Waals surface area contributed by atoms with E-state index in [1.54, 1.807) is 29.2 Å². The van der Waals surface area contributed by atoms with E-state index in [9.17, 15) is 13.2 Å². The monoisotopic (exact) mass is 442 g/mol. The third kappa shape index (κ3) is 4.92. The lowest BCUT2D eigenvalue weighted by Crippen LogP contribution is -2.41. The second-order valence-electron chi connectivity index (χ2n) is 7.23. The minimum Gasteiger partial charge on any atom is -0.484 e. The second kappa shape index (κ2) is 8.86. The van der Waals surface area contributed by atoms with Crippen LogP contribution in [0.1, 0.15) is 31.2 Å². The van der Waals surface area contributed by atoms with Crippen LogP contribution in [0, 0.1) is 0 Å². The molecule has 31 heavy (non-hydrogen) atoms. The van der Waals surface area contributed by atoms with E-state index < -0.39 is 10.0 Å². The summed E-state index contributed by atoms with van der Waals surface area (Å²) in [4.78, 5) is 18.9. The molecule has 1 aliphatic heterocycles. The van der Waals surface area contributed by atoms with Crippen molar-refractivity contribution in [1.29, 1.82) is 0 Å². The summed E-state index contributed by atoms with van der Waals surface area (Å²) in [7, 11) is -3.85. The Labute approximate surface area is 179 Å². The molecule has 1 aliphatic rings. The van der Waals surface area contributed by atoms with E-state index >= 15 is 0 Å². The number of hydrogen-bond donors (Lipinski definition) is 1. The molecule has 4 rings (SSSR count). The summed E-state index contributed by atoms with van der Waals surface area (Å²) in [5, 5.41) is 9.18. The summed E-state index contributed by atoms with van der Waals surface area (Å²) < 4.78 is 34.3. The molecule has 2 heterocycles. The van der Waals surface area contributed by atoms with Gasteiger partial charge < -0.3 is 14.2 Å². The number of primary sulfonamides is 1. The van der Waals surface area contributed by atoms with Crippen molar-refractivity contribution in [2.75, 3.05) is 13.2 Å². The number of amides is 1. The largest absolute Gasteiger partial charge is 0.484 e. The number of nitrogens with zero attached hydrogens (tertiary/aromatic N) is 3. The van der Waals surface area contributed by atoms with Gasteiger partial charge in [0.15, 0.2) is 6.61 Å². The maximum atomic E-state index is 12.8. The second-order valence-corrected chi connectivity index (χ2v) is 8.79. The maximum Gasteiger partial charge on any atom is 0.261 e. The molecular weight excluding hydrogens is 420 g/mol. The van der Waals surface area contributed by atoms with Crippen LogP contribution in [-0.4, -0.2) is 42.5 Å². The summed E-state index contributed by atoms with van der Waals surface area (Å²) in [5.74, 6) is 1.01. The Morgan fingerprint density at radius 3 is 2.74 bits per heavy atom. The van der Waals surface area contributed by atoms with Crippen molar-refractivity contribution < 1.29 is 22.5 Å². The van der Waals surface area contributed by atoms with E-state index in [4.69, 9.17) is 14.4 Å². The van der Waals surface area contributed by atoms with Gasteiger partial charge in [0.2, 0.25) is 21.7 Å². The molecule has 9 nitrogen and oxygen atoms in total. The number of rotatable bonds is 6. The minimum absolute atomic E-state index is 0.0381. The lowest BCUT2D eigenvalue weighted by Gasteiger charge is -2.33. The van der Waals surface area contributed by atoms with Crippen molar-refractivity contribution >= 4 is 15.9 Å². The first-order valence-corrected chi connectivity index (χ1v) is 11.4. The van der Waals surface area contributed by atoms with Crippen molar-refractivity contribution in [3.8, 4) is 17.1 Å². The van der Waals surface area contributed by atoms with Crippen molar-refractivity contribution in [2.45, 2.75) is 30.2 Å². The fourth-order valence-electron chi connectivity index (χ4n) is 3.53. The van der Waals surface area contributed by atoms with Crippen molar-refractivity contribution in [3.05, 3.63) is 60.5 Å². The van der Waals surface area contributed by atoms with Gasteiger partial charge in [0.1, 0.15) is 11.8 Å². The summed E-state index contributed by atoms with van der Waals surface area (Å²) in [6.07, 6.45) is 2.49. The Kier molecular flexibility index (Phi) is 6.01. The van der Waals surface area contributed by atoms with Gasteiger partial charge in [0.25, 0.3) is 5.91 Å². The van der Waals surface area contributed by atoms with Gasteiger partial charge in [-0.2, -0.15) is 4.98 Å². The first-order valence-electron chi connectivity index (χ1n) is 9.86. The summed E-state index contributed by atoms with van der Waals surface area (Å²) in [6.45, 7) is 0.484. The molecule has 0 spiro atoms. The van der Waals surface area contributed by atoms with Crippen LogP contribution in [0.5, 0.6) is 5.75 Å². The van der Waals surface area contributed by atoms with Gasteiger partial charge in [-0.1, -0.05) is 35.5 Å². The smallest absolute Gasteiger partial charge is 0.261 e. The van der Waals surface area contributed by atoms with Crippen molar-refractivity contribution in [3.63, 3.8) is 0 Å². The number of para-hydroxylation sites is 1. The van der Waals surface area contributed by atoms with Gasteiger partial charge in [0.05, 0.1) is 4.90 Å². The Balaban J connectivity index is 1.51. The number of nitrogens with two attached hydrogens (primary N) is 1. The SMILES string of the molecule is NS(=O)(=O)c1cccc(-c2noc(C3CCCCN3C(=O)COc3ccccc3)n2)c1. The highest BCUT2D eigenvalue weighted by Crippen LogP contribution is 2.31. The Morgan fingerprint density at radius 2 is 1.97 bits per heavy atom. The number of likely N-dealkylation sites (tertiary alicyclic amines) is 1. The highest BCUT2D eigenvalue weighted by atomic mass is 32.2. The van der Waals surface area contributed by atoms with E-state index in [1.165, 1.54) is 12.1 Å². The van der Waals surface area contributed by atoms with Crippen molar-refractivity contribution in [2.24, 2.45) is 5.14 Å². The molecule has 1 fully saturated rings. The normalized spacial score (nSPS) is 16.8. The molecule has 0 aliphatic carbocycles. The maximum absolute atomic E-state index is 12.8. The first kappa shape index (κ1) is 21.0. The first-order chi connectivity index (χ1) is 14.9. The number of hydrogen-bond acceptors (Lipinski definition) is 7. The van der Waals surface area contributed by atoms with E-state index in [0.717, 1.165) is 12.8 Å². The van der Waals surface area contributed by atoms with Crippen LogP contribution in [0.25, 0.3) is 11.4 Å². The molecule has 1 atom stereocenters. The average Bonchev–Trinajstić information content (AvgIpc) is 3.28. The average molecular weight is 442 g/mol. The van der Waals surface area contributed by atoms with Gasteiger partial charge in [-0.15, -0.1) is 0 Å². The number of ether oxygens (including phenoxy) is 1. The van der Waals surface area contributed by atoms with Crippen LogP contribution >= 0.6 is 0 Å². The Morgan fingerprint density at radius 1 is 1.16 bits per heavy atom. The van der Waals surface area contributed by atoms with Gasteiger partial charge in [0, 0.05) is 12.1 Å². The third-order valence-electron chi connectivity index (χ3n) is 5.08. The van der Waals surface area contributed by atoms with Gasteiger partial charge >= 0.3 is 0 Å². The predicted molar refractivity (Wildman–Crippen MR) is 111 cm³/mol. The van der Waals surface area contributed by atoms with Crippen LogP contribution in [0.3, 0.4) is 0 Å². The molecule has 10 heteroatoms. The van der Waals surface area contributed by atoms with Crippen molar-refractivity contribution in [1.82, 2.24) is 15.0 Å². The van der Waals surface area contributed by atoms with Gasteiger partial charge in [-0.25, -0.2) is 13.6 Å². The number of sulfonamides is 1. The lowest BCUT2D eigenvalue weighted by atomic mass is 10.0. The number of carbonyl (C=O) groups excluding carboxylic acids is 1. The summed E-state index contributed by atoms with van der Waals surface area (Å²) in [5.41, 5.74) is 0.461.